The molecular formula is C8H13BrO. The van der Waals surface area contributed by atoms with Crippen LogP contribution < -0.4 is 0 Å². The lowest BCUT2D eigenvalue weighted by Crippen LogP contribution is -1.76. The second-order valence-electron chi connectivity index (χ2n) is 2.21. The average Bonchev–Trinajstić information content (AvgIpc) is 1.89. The Hall–Kier alpha value is -0.110. The number of carbonyl (C=O) groups is 1. The van der Waals surface area contributed by atoms with Gasteiger partial charge in [-0.15, -0.1) is 0 Å². The van der Waals surface area contributed by atoms with Crippen molar-refractivity contribution in [1.82, 2.24) is 0 Å². The Morgan fingerprint density at radius 2 is 2.20 bits per heavy atom. The molecule has 0 aromatic heterocycles. The van der Waals surface area contributed by atoms with Crippen molar-refractivity contribution >= 4 is 22.2 Å². The van der Waals surface area contributed by atoms with Crippen LogP contribution >= 0.6 is 15.9 Å². The van der Waals surface area contributed by atoms with E-state index in [-0.39, 0.29) is 0 Å². The largest absolute Gasteiger partial charge is 0.299 e. The Kier molecular flexibility index (Phi) is 6.93. The van der Waals surface area contributed by atoms with Crippen LogP contribution in [0.25, 0.3) is 0 Å². The van der Waals surface area contributed by atoms with Gasteiger partial charge in [0.05, 0.1) is 0 Å². The fourth-order valence-electron chi connectivity index (χ4n) is 0.701. The minimum absolute atomic E-state index is 0.816. The summed E-state index contributed by atoms with van der Waals surface area (Å²) in [5.74, 6) is 0. The number of rotatable bonds is 5. The maximum absolute atomic E-state index is 9.94. The Labute approximate surface area is 70.6 Å². The summed E-state index contributed by atoms with van der Waals surface area (Å²) in [6.45, 7) is 2.16. The zero-order valence-electron chi connectivity index (χ0n) is 6.27. The molecule has 0 heterocycles. The van der Waals surface area contributed by atoms with Gasteiger partial charge >= 0.3 is 0 Å². The highest BCUT2D eigenvalue weighted by atomic mass is 79.9. The summed E-state index contributed by atoms with van der Waals surface area (Å²) >= 11 is 3.30. The van der Waals surface area contributed by atoms with Crippen LogP contribution in [0.3, 0.4) is 0 Å². The van der Waals surface area contributed by atoms with E-state index >= 15 is 0 Å². The van der Waals surface area contributed by atoms with E-state index in [9.17, 15) is 4.79 Å². The van der Waals surface area contributed by atoms with E-state index in [1.807, 2.05) is 0 Å². The van der Waals surface area contributed by atoms with Crippen molar-refractivity contribution in [3.8, 4) is 0 Å². The molecule has 0 rings (SSSR count). The van der Waals surface area contributed by atoms with Crippen LogP contribution in [0.1, 0.15) is 32.6 Å². The van der Waals surface area contributed by atoms with Gasteiger partial charge in [-0.05, 0) is 23.4 Å². The molecule has 0 fully saturated rings. The van der Waals surface area contributed by atoms with Crippen LogP contribution in [0.2, 0.25) is 0 Å². The highest BCUT2D eigenvalue weighted by molar-refractivity contribution is 9.11. The summed E-state index contributed by atoms with van der Waals surface area (Å²) in [7, 11) is 0. The molecule has 0 saturated heterocycles. The molecule has 0 radical (unpaired) electrons. The Morgan fingerprint density at radius 3 is 2.70 bits per heavy atom. The van der Waals surface area contributed by atoms with Crippen LogP contribution in [-0.4, -0.2) is 6.29 Å². The lowest BCUT2D eigenvalue weighted by molar-refractivity contribution is -0.104. The molecular weight excluding hydrogens is 192 g/mol. The zero-order valence-corrected chi connectivity index (χ0v) is 7.86. The van der Waals surface area contributed by atoms with Gasteiger partial charge in [-0.3, -0.25) is 4.79 Å². The summed E-state index contributed by atoms with van der Waals surface area (Å²) < 4.78 is 1.01. The molecule has 0 spiro atoms. The fraction of sp³-hybridized carbons (Fsp3) is 0.625. The topological polar surface area (TPSA) is 17.1 Å². The first-order valence-corrected chi connectivity index (χ1v) is 4.40. The first-order valence-electron chi connectivity index (χ1n) is 3.61. The predicted octanol–water partition coefficient (Wildman–Crippen LogP) is 3.04. The maximum atomic E-state index is 9.94. The van der Waals surface area contributed by atoms with Gasteiger partial charge in [-0.1, -0.05) is 35.7 Å². The summed E-state index contributed by atoms with van der Waals surface area (Å²) in [5, 5.41) is 0. The second kappa shape index (κ2) is 7.00. The standard InChI is InChI=1S/C8H13BrO/c1-2-3-4-5-8(9)6-7-10/h6-7H,2-5H2,1H3. The molecule has 0 aromatic carbocycles. The predicted molar refractivity (Wildman–Crippen MR) is 47.2 cm³/mol. The van der Waals surface area contributed by atoms with Crippen LogP contribution in [0.5, 0.6) is 0 Å². The van der Waals surface area contributed by atoms with E-state index in [1.54, 1.807) is 6.08 Å². The highest BCUT2D eigenvalue weighted by Crippen LogP contribution is 2.13. The quantitative estimate of drug-likeness (QED) is 0.383. The molecule has 0 atom stereocenters. The summed E-state index contributed by atoms with van der Waals surface area (Å²) in [6.07, 6.45) is 7.00. The number of halogens is 1. The van der Waals surface area contributed by atoms with Crippen molar-refractivity contribution in [2.45, 2.75) is 32.6 Å². The first kappa shape index (κ1) is 9.89. The van der Waals surface area contributed by atoms with E-state index in [0.717, 1.165) is 17.2 Å². The van der Waals surface area contributed by atoms with E-state index in [0.29, 0.717) is 0 Å². The van der Waals surface area contributed by atoms with E-state index in [2.05, 4.69) is 22.9 Å². The van der Waals surface area contributed by atoms with Gasteiger partial charge in [0.1, 0.15) is 6.29 Å². The van der Waals surface area contributed by atoms with Crippen molar-refractivity contribution in [2.24, 2.45) is 0 Å². The Balaban J connectivity index is 3.29. The van der Waals surface area contributed by atoms with E-state index in [4.69, 9.17) is 0 Å². The van der Waals surface area contributed by atoms with Gasteiger partial charge in [-0.25, -0.2) is 0 Å². The molecule has 0 aliphatic heterocycles. The van der Waals surface area contributed by atoms with Gasteiger partial charge in [0.2, 0.25) is 0 Å². The lowest BCUT2D eigenvalue weighted by Gasteiger charge is -1.94. The molecule has 0 N–H and O–H groups in total. The molecule has 0 aromatic rings. The second-order valence-corrected chi connectivity index (χ2v) is 3.23. The Morgan fingerprint density at radius 1 is 1.50 bits per heavy atom. The molecule has 0 aliphatic carbocycles. The number of carbonyl (C=O) groups excluding carboxylic acids is 1. The number of unbranched alkanes of at least 4 members (excludes halogenated alkanes) is 2. The van der Waals surface area contributed by atoms with Crippen LogP contribution in [0.4, 0.5) is 0 Å². The van der Waals surface area contributed by atoms with Crippen LogP contribution in [-0.2, 0) is 4.79 Å². The average molecular weight is 205 g/mol. The molecule has 58 valence electrons. The van der Waals surface area contributed by atoms with Crippen molar-refractivity contribution in [2.75, 3.05) is 0 Å². The third-order valence-electron chi connectivity index (χ3n) is 1.27. The first-order chi connectivity index (χ1) is 4.81. The molecule has 0 aliphatic rings. The molecule has 0 unspecified atom stereocenters. The summed E-state index contributed by atoms with van der Waals surface area (Å²) in [5.41, 5.74) is 0. The number of allylic oxidation sites excluding steroid dienone is 2. The molecule has 10 heavy (non-hydrogen) atoms. The minimum Gasteiger partial charge on any atom is -0.299 e. The molecule has 0 amide bonds. The maximum Gasteiger partial charge on any atom is 0.143 e. The van der Waals surface area contributed by atoms with Crippen molar-refractivity contribution in [1.29, 1.82) is 0 Å². The highest BCUT2D eigenvalue weighted by Gasteiger charge is 1.89. The minimum atomic E-state index is 0.816. The van der Waals surface area contributed by atoms with Gasteiger partial charge in [0.15, 0.2) is 0 Å². The normalized spacial score (nSPS) is 11.6. The van der Waals surface area contributed by atoms with Gasteiger partial charge in [0, 0.05) is 0 Å². The lowest BCUT2D eigenvalue weighted by atomic mass is 10.2. The van der Waals surface area contributed by atoms with Crippen molar-refractivity contribution in [3.63, 3.8) is 0 Å². The van der Waals surface area contributed by atoms with Gasteiger partial charge < -0.3 is 0 Å². The molecule has 1 nitrogen and oxygen atoms in total. The van der Waals surface area contributed by atoms with Gasteiger partial charge in [-0.2, -0.15) is 0 Å². The molecule has 0 saturated carbocycles. The van der Waals surface area contributed by atoms with Gasteiger partial charge in [0.25, 0.3) is 0 Å². The number of hydrogen-bond acceptors (Lipinski definition) is 1. The summed E-state index contributed by atoms with van der Waals surface area (Å²) in [4.78, 5) is 9.94. The smallest absolute Gasteiger partial charge is 0.143 e. The molecule has 2 heteroatoms. The third kappa shape index (κ3) is 6.02. The Bertz CT molecular complexity index is 118. The molecule has 0 bridgehead atoms. The van der Waals surface area contributed by atoms with Crippen LogP contribution in [0.15, 0.2) is 10.6 Å². The third-order valence-corrected chi connectivity index (χ3v) is 1.93. The van der Waals surface area contributed by atoms with E-state index < -0.39 is 0 Å². The van der Waals surface area contributed by atoms with E-state index in [1.165, 1.54) is 19.3 Å². The monoisotopic (exact) mass is 204 g/mol. The van der Waals surface area contributed by atoms with Crippen molar-refractivity contribution < 1.29 is 4.79 Å². The number of hydrogen-bond donors (Lipinski definition) is 0. The summed E-state index contributed by atoms with van der Waals surface area (Å²) in [6, 6.07) is 0. The fourth-order valence-corrected chi connectivity index (χ4v) is 1.09. The van der Waals surface area contributed by atoms with Crippen molar-refractivity contribution in [3.05, 3.63) is 10.6 Å². The zero-order chi connectivity index (χ0) is 7.82. The van der Waals surface area contributed by atoms with Crippen LogP contribution in [0, 0.1) is 0 Å². The SMILES string of the molecule is CCCCCC(Br)=CC=O. The number of aldehydes is 1.